The molecule has 5 nitrogen and oxygen atoms in total. The molecular weight excluding hydrogens is 302 g/mol. The average molecular weight is 318 g/mol. The Kier molecular flexibility index (Phi) is 4.77. The maximum atomic E-state index is 12.5. The molecule has 120 valence electrons. The molecule has 0 aliphatic carbocycles. The monoisotopic (exact) mass is 318 g/mol. The predicted octanol–water partition coefficient (Wildman–Crippen LogP) is 3.34. The first kappa shape index (κ1) is 15.4. The highest BCUT2D eigenvalue weighted by Gasteiger charge is 2.16. The summed E-state index contributed by atoms with van der Waals surface area (Å²) in [6.07, 6.45) is 2.69. The summed E-state index contributed by atoms with van der Waals surface area (Å²) in [4.78, 5) is 4.03. The minimum atomic E-state index is -2.65. The topological polar surface area (TPSA) is 55.9 Å². The van der Waals surface area contributed by atoms with Gasteiger partial charge in [-0.3, -0.25) is 0 Å². The van der Waals surface area contributed by atoms with Crippen LogP contribution in [0.5, 0.6) is 0 Å². The van der Waals surface area contributed by atoms with Crippen molar-refractivity contribution in [2.45, 2.75) is 25.6 Å². The summed E-state index contributed by atoms with van der Waals surface area (Å²) in [5.41, 5.74) is 1.55. The normalized spacial score (nSPS) is 12.7. The quantitative estimate of drug-likeness (QED) is 0.726. The van der Waals surface area contributed by atoms with Gasteiger partial charge in [0.15, 0.2) is 0 Å². The standard InChI is InChI=1S/C16H16F2N4O/c17-16(18)15-8-13(21-23-15)9-20-14(10-22-7-6-19-11-22)12-4-2-1-3-5-12/h1-8,11,14,16,20H,9-10H2. The minimum Gasteiger partial charge on any atom is -0.355 e. The van der Waals surface area contributed by atoms with Gasteiger partial charge in [0.05, 0.1) is 18.1 Å². The number of rotatable bonds is 7. The molecular formula is C16H16F2N4O. The van der Waals surface area contributed by atoms with E-state index in [2.05, 4.69) is 20.0 Å². The number of hydrogen-bond acceptors (Lipinski definition) is 4. The molecule has 7 heteroatoms. The fraction of sp³-hybridized carbons (Fsp3) is 0.250. The molecule has 0 aliphatic heterocycles. The maximum Gasteiger partial charge on any atom is 0.298 e. The van der Waals surface area contributed by atoms with Crippen LogP contribution in [0, 0.1) is 0 Å². The van der Waals surface area contributed by atoms with E-state index in [0.717, 1.165) is 5.56 Å². The number of halogens is 2. The van der Waals surface area contributed by atoms with Crippen LogP contribution < -0.4 is 5.32 Å². The Balaban J connectivity index is 1.70. The van der Waals surface area contributed by atoms with Crippen molar-refractivity contribution < 1.29 is 13.3 Å². The van der Waals surface area contributed by atoms with E-state index in [4.69, 9.17) is 0 Å². The number of hydrogen-bond donors (Lipinski definition) is 1. The second kappa shape index (κ2) is 7.15. The van der Waals surface area contributed by atoms with Gasteiger partial charge in [-0.1, -0.05) is 35.5 Å². The van der Waals surface area contributed by atoms with Crippen LogP contribution in [0.15, 0.2) is 59.6 Å². The molecule has 0 saturated heterocycles. The predicted molar refractivity (Wildman–Crippen MR) is 79.7 cm³/mol. The molecule has 2 aromatic heterocycles. The summed E-state index contributed by atoms with van der Waals surface area (Å²) in [7, 11) is 0. The zero-order valence-electron chi connectivity index (χ0n) is 12.3. The highest BCUT2D eigenvalue weighted by Crippen LogP contribution is 2.20. The summed E-state index contributed by atoms with van der Waals surface area (Å²) < 4.78 is 31.6. The zero-order valence-corrected chi connectivity index (χ0v) is 12.3. The Morgan fingerprint density at radius 3 is 2.70 bits per heavy atom. The zero-order chi connectivity index (χ0) is 16.1. The van der Waals surface area contributed by atoms with E-state index in [9.17, 15) is 8.78 Å². The van der Waals surface area contributed by atoms with Crippen molar-refractivity contribution in [2.75, 3.05) is 0 Å². The molecule has 3 aromatic rings. The van der Waals surface area contributed by atoms with E-state index in [1.165, 1.54) is 6.07 Å². The molecule has 0 amide bonds. The molecule has 0 fully saturated rings. The summed E-state index contributed by atoms with van der Waals surface area (Å²) in [5.74, 6) is -0.410. The fourth-order valence-corrected chi connectivity index (χ4v) is 2.32. The van der Waals surface area contributed by atoms with Crippen molar-refractivity contribution in [1.82, 2.24) is 20.0 Å². The van der Waals surface area contributed by atoms with Gasteiger partial charge in [0, 0.05) is 31.5 Å². The third-order valence-corrected chi connectivity index (χ3v) is 3.48. The van der Waals surface area contributed by atoms with Crippen molar-refractivity contribution in [3.8, 4) is 0 Å². The van der Waals surface area contributed by atoms with Gasteiger partial charge >= 0.3 is 0 Å². The first-order valence-electron chi connectivity index (χ1n) is 7.20. The lowest BCUT2D eigenvalue weighted by molar-refractivity contribution is 0.112. The van der Waals surface area contributed by atoms with Crippen LogP contribution in [-0.2, 0) is 13.1 Å². The number of aromatic nitrogens is 3. The van der Waals surface area contributed by atoms with Crippen LogP contribution in [0.4, 0.5) is 8.78 Å². The van der Waals surface area contributed by atoms with E-state index >= 15 is 0 Å². The van der Waals surface area contributed by atoms with E-state index in [-0.39, 0.29) is 6.04 Å². The van der Waals surface area contributed by atoms with Gasteiger partial charge in [-0.05, 0) is 5.56 Å². The van der Waals surface area contributed by atoms with Crippen molar-refractivity contribution in [3.05, 3.63) is 72.1 Å². The van der Waals surface area contributed by atoms with Gasteiger partial charge in [-0.2, -0.15) is 0 Å². The third-order valence-electron chi connectivity index (χ3n) is 3.48. The van der Waals surface area contributed by atoms with Crippen molar-refractivity contribution in [2.24, 2.45) is 0 Å². The van der Waals surface area contributed by atoms with Crippen molar-refractivity contribution in [1.29, 1.82) is 0 Å². The Bertz CT molecular complexity index is 713. The van der Waals surface area contributed by atoms with Crippen LogP contribution >= 0.6 is 0 Å². The fourth-order valence-electron chi connectivity index (χ4n) is 2.32. The lowest BCUT2D eigenvalue weighted by atomic mass is 10.1. The minimum absolute atomic E-state index is 0.00269. The second-order valence-electron chi connectivity index (χ2n) is 5.12. The molecule has 0 saturated carbocycles. The molecule has 0 radical (unpaired) electrons. The van der Waals surface area contributed by atoms with E-state index in [0.29, 0.717) is 18.8 Å². The largest absolute Gasteiger partial charge is 0.355 e. The molecule has 0 spiro atoms. The first-order valence-corrected chi connectivity index (χ1v) is 7.20. The summed E-state index contributed by atoms with van der Waals surface area (Å²) in [5, 5.41) is 6.99. The summed E-state index contributed by atoms with van der Waals surface area (Å²) in [6.45, 7) is 1.01. The van der Waals surface area contributed by atoms with E-state index in [1.807, 2.05) is 41.1 Å². The molecule has 1 aromatic carbocycles. The van der Waals surface area contributed by atoms with Gasteiger partial charge in [-0.15, -0.1) is 0 Å². The number of nitrogens with one attached hydrogen (secondary N) is 1. The Morgan fingerprint density at radius 1 is 1.22 bits per heavy atom. The third kappa shape index (κ3) is 4.01. The number of alkyl halides is 2. The lowest BCUT2D eigenvalue weighted by Gasteiger charge is -2.19. The molecule has 2 heterocycles. The van der Waals surface area contributed by atoms with Gasteiger partial charge < -0.3 is 14.4 Å². The smallest absolute Gasteiger partial charge is 0.298 e. The van der Waals surface area contributed by atoms with Crippen LogP contribution in [0.25, 0.3) is 0 Å². The Hall–Kier alpha value is -2.54. The second-order valence-corrected chi connectivity index (χ2v) is 5.12. The van der Waals surface area contributed by atoms with Crippen LogP contribution in [-0.4, -0.2) is 14.7 Å². The van der Waals surface area contributed by atoms with Crippen LogP contribution in [0.3, 0.4) is 0 Å². The van der Waals surface area contributed by atoms with Crippen molar-refractivity contribution >= 4 is 0 Å². The Labute approximate surface area is 131 Å². The highest BCUT2D eigenvalue weighted by atomic mass is 19.3. The maximum absolute atomic E-state index is 12.5. The molecule has 23 heavy (non-hydrogen) atoms. The molecule has 1 atom stereocenters. The SMILES string of the molecule is FC(F)c1cc(CNC(Cn2ccnc2)c2ccccc2)no1. The number of benzene rings is 1. The Morgan fingerprint density at radius 2 is 2.04 bits per heavy atom. The first-order chi connectivity index (χ1) is 11.2. The lowest BCUT2D eigenvalue weighted by Crippen LogP contribution is -2.25. The van der Waals surface area contributed by atoms with Gasteiger partial charge in [0.2, 0.25) is 5.76 Å². The van der Waals surface area contributed by atoms with Crippen LogP contribution in [0.1, 0.15) is 29.5 Å². The molecule has 1 unspecified atom stereocenters. The molecule has 0 bridgehead atoms. The van der Waals surface area contributed by atoms with Gasteiger partial charge in [0.1, 0.15) is 0 Å². The average Bonchev–Trinajstić information content (AvgIpc) is 3.24. The van der Waals surface area contributed by atoms with Crippen LogP contribution in [0.2, 0.25) is 0 Å². The highest BCUT2D eigenvalue weighted by molar-refractivity contribution is 5.19. The van der Waals surface area contributed by atoms with Gasteiger partial charge in [-0.25, -0.2) is 13.8 Å². The molecule has 1 N–H and O–H groups in total. The molecule has 0 aliphatic rings. The summed E-state index contributed by atoms with van der Waals surface area (Å²) in [6, 6.07) is 11.2. The van der Waals surface area contributed by atoms with Gasteiger partial charge in [0.25, 0.3) is 6.43 Å². The number of imidazole rings is 1. The van der Waals surface area contributed by atoms with E-state index in [1.54, 1.807) is 12.5 Å². The summed E-state index contributed by atoms with van der Waals surface area (Å²) >= 11 is 0. The number of nitrogens with zero attached hydrogens (tertiary/aromatic N) is 3. The van der Waals surface area contributed by atoms with Crippen molar-refractivity contribution in [3.63, 3.8) is 0 Å². The molecule has 3 rings (SSSR count). The van der Waals surface area contributed by atoms with E-state index < -0.39 is 12.2 Å².